The Morgan fingerprint density at radius 1 is 1.13 bits per heavy atom. The molecule has 0 amide bonds. The highest BCUT2D eigenvalue weighted by molar-refractivity contribution is 7.93. The van der Waals surface area contributed by atoms with E-state index in [2.05, 4.69) is 4.98 Å². The number of thiazole rings is 1. The third-order valence-electron chi connectivity index (χ3n) is 4.76. The van der Waals surface area contributed by atoms with Gasteiger partial charge in [-0.15, -0.1) is 11.3 Å². The summed E-state index contributed by atoms with van der Waals surface area (Å²) in [6, 6.07) is 12.4. The zero-order chi connectivity index (χ0) is 22.2. The Hall–Kier alpha value is -2.85. The molecule has 5 nitrogen and oxygen atoms in total. The van der Waals surface area contributed by atoms with Crippen LogP contribution in [0.25, 0.3) is 32.7 Å². The molecular weight excluding hydrogens is 447 g/mol. The van der Waals surface area contributed by atoms with Crippen molar-refractivity contribution in [1.82, 2.24) is 9.97 Å². The van der Waals surface area contributed by atoms with E-state index in [0.29, 0.717) is 12.1 Å². The first-order chi connectivity index (χ1) is 14.7. The first kappa shape index (κ1) is 21.4. The molecule has 10 heteroatoms. The fraction of sp³-hybridized carbons (Fsp3) is 0.190. The second kappa shape index (κ2) is 8.01. The molecule has 0 atom stereocenters. The van der Waals surface area contributed by atoms with Crippen LogP contribution in [-0.2, 0) is 16.4 Å². The van der Waals surface area contributed by atoms with Crippen molar-refractivity contribution in [2.24, 2.45) is 0 Å². The highest BCUT2D eigenvalue weighted by Gasteiger charge is 2.46. The van der Waals surface area contributed by atoms with Crippen LogP contribution in [0.1, 0.15) is 18.9 Å². The Kier molecular flexibility index (Phi) is 5.52. The summed E-state index contributed by atoms with van der Waals surface area (Å²) in [6.07, 6.45) is 3.18. The van der Waals surface area contributed by atoms with Gasteiger partial charge in [-0.05, 0) is 41.6 Å². The molecular formula is C21H18F3N3O2S2. The molecule has 31 heavy (non-hydrogen) atoms. The van der Waals surface area contributed by atoms with Crippen molar-refractivity contribution in [3.8, 4) is 21.8 Å². The minimum Gasteiger partial charge on any atom is -0.361 e. The van der Waals surface area contributed by atoms with Gasteiger partial charge in [-0.25, -0.2) is 4.98 Å². The first-order valence-electron chi connectivity index (χ1n) is 9.43. The third-order valence-corrected chi connectivity index (χ3v) is 6.77. The molecule has 0 aliphatic carbocycles. The molecule has 2 aromatic heterocycles. The van der Waals surface area contributed by atoms with Crippen LogP contribution in [0.4, 0.5) is 18.9 Å². The number of aromatic nitrogens is 2. The van der Waals surface area contributed by atoms with E-state index in [4.69, 9.17) is 4.98 Å². The number of nitrogens with one attached hydrogen (secondary N) is 2. The molecule has 2 N–H and O–H groups in total. The van der Waals surface area contributed by atoms with Gasteiger partial charge < -0.3 is 4.98 Å². The number of rotatable bonds is 6. The van der Waals surface area contributed by atoms with E-state index in [9.17, 15) is 21.6 Å². The van der Waals surface area contributed by atoms with Gasteiger partial charge in [0.2, 0.25) is 0 Å². The summed E-state index contributed by atoms with van der Waals surface area (Å²) in [5.41, 5.74) is -1.36. The number of sulfonamides is 1. The Labute approximate surface area is 181 Å². The van der Waals surface area contributed by atoms with Crippen LogP contribution in [0.3, 0.4) is 0 Å². The number of hydrogen-bond donors (Lipinski definition) is 2. The van der Waals surface area contributed by atoms with E-state index in [0.717, 1.165) is 39.0 Å². The van der Waals surface area contributed by atoms with Gasteiger partial charge >= 0.3 is 15.5 Å². The molecule has 162 valence electrons. The highest BCUT2D eigenvalue weighted by atomic mass is 32.2. The fourth-order valence-corrected chi connectivity index (χ4v) is 4.68. The lowest BCUT2D eigenvalue weighted by Crippen LogP contribution is -2.29. The van der Waals surface area contributed by atoms with Gasteiger partial charge in [-0.2, -0.15) is 21.6 Å². The normalized spacial score (nSPS) is 12.4. The smallest absolute Gasteiger partial charge is 0.361 e. The summed E-state index contributed by atoms with van der Waals surface area (Å²) in [4.78, 5) is 7.88. The van der Waals surface area contributed by atoms with Crippen LogP contribution in [-0.4, -0.2) is 23.9 Å². The number of fused-ring (bicyclic) bond motifs is 1. The maximum Gasteiger partial charge on any atom is 0.516 e. The van der Waals surface area contributed by atoms with Crippen LogP contribution in [0.15, 0.2) is 54.0 Å². The van der Waals surface area contributed by atoms with Gasteiger partial charge in [0.15, 0.2) is 0 Å². The molecule has 0 fully saturated rings. The van der Waals surface area contributed by atoms with Crippen molar-refractivity contribution in [2.75, 3.05) is 4.72 Å². The van der Waals surface area contributed by atoms with Gasteiger partial charge in [0, 0.05) is 33.9 Å². The number of halogens is 3. The lowest BCUT2D eigenvalue weighted by Gasteiger charge is -2.13. The number of nitrogens with zero attached hydrogens (tertiary/aromatic N) is 1. The summed E-state index contributed by atoms with van der Waals surface area (Å²) in [5.74, 6) is 0. The molecule has 0 aliphatic heterocycles. The SMILES string of the molecule is CCCc1cc(NS(=O)(=O)C(F)(F)F)ccc1-c1csc(-c2ccc3cc[nH]c3c2)n1. The minimum atomic E-state index is -5.47. The molecule has 0 saturated heterocycles. The van der Waals surface area contributed by atoms with E-state index < -0.39 is 15.5 Å². The van der Waals surface area contributed by atoms with Gasteiger partial charge in [0.1, 0.15) is 5.01 Å². The number of benzene rings is 2. The van der Waals surface area contributed by atoms with E-state index in [-0.39, 0.29) is 5.69 Å². The number of aryl methyl sites for hydroxylation is 1. The van der Waals surface area contributed by atoms with Crippen LogP contribution in [0.2, 0.25) is 0 Å². The first-order valence-corrected chi connectivity index (χ1v) is 11.8. The minimum absolute atomic E-state index is 0.128. The lowest BCUT2D eigenvalue weighted by atomic mass is 10.0. The predicted molar refractivity (Wildman–Crippen MR) is 117 cm³/mol. The Morgan fingerprint density at radius 3 is 2.68 bits per heavy atom. The molecule has 4 aromatic rings. The summed E-state index contributed by atoms with van der Waals surface area (Å²) in [7, 11) is -5.47. The Bertz CT molecular complexity index is 1340. The van der Waals surface area contributed by atoms with Crippen LogP contribution in [0, 0.1) is 0 Å². The molecule has 0 aliphatic rings. The zero-order valence-corrected chi connectivity index (χ0v) is 18.0. The molecule has 0 saturated carbocycles. The number of hydrogen-bond acceptors (Lipinski definition) is 4. The number of H-pyrrole nitrogens is 1. The van der Waals surface area contributed by atoms with Gasteiger partial charge in [0.25, 0.3) is 0 Å². The highest BCUT2D eigenvalue weighted by Crippen LogP contribution is 2.34. The summed E-state index contributed by atoms with van der Waals surface area (Å²) in [5, 5.41) is 3.81. The number of anilines is 1. The van der Waals surface area contributed by atoms with Gasteiger partial charge in [0.05, 0.1) is 5.69 Å². The van der Waals surface area contributed by atoms with Crippen molar-refractivity contribution in [2.45, 2.75) is 25.3 Å². The predicted octanol–water partition coefficient (Wildman–Crippen LogP) is 6.17. The summed E-state index contributed by atoms with van der Waals surface area (Å²) < 4.78 is 62.5. The van der Waals surface area contributed by atoms with Gasteiger partial charge in [-0.1, -0.05) is 31.5 Å². The average molecular weight is 466 g/mol. The van der Waals surface area contributed by atoms with E-state index >= 15 is 0 Å². The van der Waals surface area contributed by atoms with Crippen LogP contribution in [0.5, 0.6) is 0 Å². The molecule has 4 rings (SSSR count). The summed E-state index contributed by atoms with van der Waals surface area (Å²) in [6.45, 7) is 1.94. The maximum atomic E-state index is 12.7. The molecule has 2 heterocycles. The van der Waals surface area contributed by atoms with Crippen molar-refractivity contribution in [3.05, 3.63) is 59.6 Å². The van der Waals surface area contributed by atoms with Crippen molar-refractivity contribution in [3.63, 3.8) is 0 Å². The lowest BCUT2D eigenvalue weighted by molar-refractivity contribution is -0.0429. The quantitative estimate of drug-likeness (QED) is 0.357. The monoisotopic (exact) mass is 465 g/mol. The molecule has 2 aromatic carbocycles. The van der Waals surface area contributed by atoms with Crippen LogP contribution >= 0.6 is 11.3 Å². The topological polar surface area (TPSA) is 74.8 Å². The largest absolute Gasteiger partial charge is 0.516 e. The second-order valence-electron chi connectivity index (χ2n) is 6.99. The Morgan fingerprint density at radius 2 is 1.94 bits per heavy atom. The molecule has 0 radical (unpaired) electrons. The van der Waals surface area contributed by atoms with E-state index in [1.165, 1.54) is 23.5 Å². The van der Waals surface area contributed by atoms with Crippen molar-refractivity contribution < 1.29 is 21.6 Å². The average Bonchev–Trinajstić information content (AvgIpc) is 3.36. The summed E-state index contributed by atoms with van der Waals surface area (Å²) >= 11 is 1.47. The Balaban J connectivity index is 1.67. The van der Waals surface area contributed by atoms with Gasteiger partial charge in [-0.3, -0.25) is 4.72 Å². The van der Waals surface area contributed by atoms with Crippen molar-refractivity contribution in [1.29, 1.82) is 0 Å². The maximum absolute atomic E-state index is 12.7. The zero-order valence-electron chi connectivity index (χ0n) is 16.3. The standard InChI is InChI=1S/C21H18F3N3O2S2/c1-2-3-14-10-16(27-31(28,29)21(22,23)24)6-7-17(14)19-12-30-20(26-19)15-5-4-13-8-9-25-18(13)11-15/h4-12,25,27H,2-3H2,1H3. The molecule has 0 spiro atoms. The number of alkyl halides is 3. The fourth-order valence-electron chi connectivity index (χ4n) is 3.31. The van der Waals surface area contributed by atoms with Crippen molar-refractivity contribution >= 4 is 38.0 Å². The third kappa shape index (κ3) is 4.31. The molecule has 0 unspecified atom stereocenters. The number of aromatic amines is 1. The second-order valence-corrected chi connectivity index (χ2v) is 9.52. The van der Waals surface area contributed by atoms with E-state index in [1.807, 2.05) is 42.8 Å². The van der Waals surface area contributed by atoms with Crippen LogP contribution < -0.4 is 4.72 Å². The van der Waals surface area contributed by atoms with E-state index in [1.54, 1.807) is 10.8 Å². The molecule has 0 bridgehead atoms.